The standard InChI is InChI=1S/C13H15N3O4S/c1-8-3-2-4-9-11(8)16(5-6-20-12(14)19)13(15-9)21-7-10(17)18/h2-4H,5-7H2,1H3,(H2,14,19)(H,17,18). The summed E-state index contributed by atoms with van der Waals surface area (Å²) in [6, 6.07) is 5.69. The van der Waals surface area contributed by atoms with Crippen LogP contribution in [0.2, 0.25) is 0 Å². The number of aromatic nitrogens is 2. The number of benzene rings is 1. The molecule has 0 saturated heterocycles. The molecule has 2 rings (SSSR count). The first-order valence-corrected chi connectivity index (χ1v) is 7.20. The van der Waals surface area contributed by atoms with Crippen LogP contribution in [-0.4, -0.2) is 39.1 Å². The minimum Gasteiger partial charge on any atom is -0.481 e. The van der Waals surface area contributed by atoms with Gasteiger partial charge in [0.2, 0.25) is 0 Å². The van der Waals surface area contributed by atoms with Gasteiger partial charge in [-0.15, -0.1) is 0 Å². The molecule has 1 aromatic carbocycles. The van der Waals surface area contributed by atoms with E-state index in [-0.39, 0.29) is 12.4 Å². The molecule has 0 unspecified atom stereocenters. The van der Waals surface area contributed by atoms with Crippen molar-refractivity contribution in [2.75, 3.05) is 12.4 Å². The van der Waals surface area contributed by atoms with Crippen molar-refractivity contribution < 1.29 is 19.4 Å². The summed E-state index contributed by atoms with van der Waals surface area (Å²) in [4.78, 5) is 25.8. The fraction of sp³-hybridized carbons (Fsp3) is 0.308. The van der Waals surface area contributed by atoms with Crippen molar-refractivity contribution in [1.82, 2.24) is 9.55 Å². The number of fused-ring (bicyclic) bond motifs is 1. The second-order valence-electron chi connectivity index (χ2n) is 4.34. The van der Waals surface area contributed by atoms with Crippen molar-refractivity contribution in [2.45, 2.75) is 18.6 Å². The van der Waals surface area contributed by atoms with E-state index in [1.807, 2.05) is 29.7 Å². The second-order valence-corrected chi connectivity index (χ2v) is 5.28. The molecule has 0 fully saturated rings. The Hall–Kier alpha value is -2.22. The van der Waals surface area contributed by atoms with Crippen molar-refractivity contribution in [3.05, 3.63) is 23.8 Å². The van der Waals surface area contributed by atoms with Crippen LogP contribution in [0.4, 0.5) is 4.79 Å². The van der Waals surface area contributed by atoms with Crippen molar-refractivity contribution in [3.8, 4) is 0 Å². The SMILES string of the molecule is Cc1cccc2nc(SCC(=O)O)n(CCOC(N)=O)c12. The summed E-state index contributed by atoms with van der Waals surface area (Å²) >= 11 is 1.13. The lowest BCUT2D eigenvalue weighted by Crippen LogP contribution is -2.17. The van der Waals surface area contributed by atoms with E-state index >= 15 is 0 Å². The second kappa shape index (κ2) is 6.49. The van der Waals surface area contributed by atoms with Crippen molar-refractivity contribution in [2.24, 2.45) is 5.73 Å². The number of rotatable bonds is 6. The quantitative estimate of drug-likeness (QED) is 0.785. The molecule has 3 N–H and O–H groups in total. The van der Waals surface area contributed by atoms with Gasteiger partial charge in [-0.25, -0.2) is 9.78 Å². The number of hydrogen-bond donors (Lipinski definition) is 2. The lowest BCUT2D eigenvalue weighted by molar-refractivity contribution is -0.133. The number of nitrogens with zero attached hydrogens (tertiary/aromatic N) is 2. The predicted molar refractivity (Wildman–Crippen MR) is 78.4 cm³/mol. The van der Waals surface area contributed by atoms with Crippen molar-refractivity contribution in [3.63, 3.8) is 0 Å². The maximum atomic E-state index is 10.7. The molecule has 0 spiro atoms. The molecule has 8 heteroatoms. The summed E-state index contributed by atoms with van der Waals surface area (Å²) in [7, 11) is 0. The van der Waals surface area contributed by atoms with Gasteiger partial charge in [0.15, 0.2) is 5.16 Å². The van der Waals surface area contributed by atoms with E-state index in [1.165, 1.54) is 0 Å². The number of amides is 1. The Bertz CT molecular complexity index is 683. The molecule has 21 heavy (non-hydrogen) atoms. The van der Waals surface area contributed by atoms with Gasteiger partial charge >= 0.3 is 12.1 Å². The molecule has 1 amide bonds. The summed E-state index contributed by atoms with van der Waals surface area (Å²) < 4.78 is 6.60. The number of ether oxygens (including phenoxy) is 1. The van der Waals surface area contributed by atoms with Gasteiger partial charge in [-0.2, -0.15) is 0 Å². The predicted octanol–water partition coefficient (Wildman–Crippen LogP) is 1.62. The summed E-state index contributed by atoms with van der Waals surface area (Å²) in [5, 5.41) is 9.38. The first kappa shape index (κ1) is 15.2. The molecule has 112 valence electrons. The van der Waals surface area contributed by atoms with E-state index in [4.69, 9.17) is 15.6 Å². The first-order chi connectivity index (χ1) is 9.99. The lowest BCUT2D eigenvalue weighted by Gasteiger charge is -2.09. The number of primary amides is 1. The average molecular weight is 309 g/mol. The summed E-state index contributed by atoms with van der Waals surface area (Å²) in [5.41, 5.74) is 7.64. The zero-order chi connectivity index (χ0) is 15.4. The highest BCUT2D eigenvalue weighted by Crippen LogP contribution is 2.26. The van der Waals surface area contributed by atoms with Crippen LogP contribution in [0.25, 0.3) is 11.0 Å². The molecule has 0 saturated carbocycles. The largest absolute Gasteiger partial charge is 0.481 e. The minimum absolute atomic E-state index is 0.0843. The molecule has 0 radical (unpaired) electrons. The van der Waals surface area contributed by atoms with Gasteiger partial charge in [0, 0.05) is 0 Å². The van der Waals surface area contributed by atoms with E-state index in [0.717, 1.165) is 28.4 Å². The molecule has 1 aromatic heterocycles. The molecule has 0 atom stereocenters. The number of nitrogens with two attached hydrogens (primary N) is 1. The zero-order valence-electron chi connectivity index (χ0n) is 11.4. The Balaban J connectivity index is 2.33. The minimum atomic E-state index is -0.913. The Morgan fingerprint density at radius 3 is 2.90 bits per heavy atom. The fourth-order valence-electron chi connectivity index (χ4n) is 2.03. The number of carboxylic acids is 1. The number of aliphatic carboxylic acids is 1. The molecule has 2 aromatic rings. The Morgan fingerprint density at radius 2 is 2.24 bits per heavy atom. The maximum Gasteiger partial charge on any atom is 0.404 e. The van der Waals surface area contributed by atoms with Crippen LogP contribution in [0.1, 0.15) is 5.56 Å². The number of carbonyl (C=O) groups excluding carboxylic acids is 1. The molecule has 0 bridgehead atoms. The summed E-state index contributed by atoms with van der Waals surface area (Å²) in [5.74, 6) is -0.998. The molecule has 0 aliphatic heterocycles. The highest BCUT2D eigenvalue weighted by molar-refractivity contribution is 7.99. The Labute approximate surface area is 125 Å². The number of aryl methyl sites for hydroxylation is 1. The molecule has 1 heterocycles. The maximum absolute atomic E-state index is 10.7. The number of para-hydroxylation sites is 1. The lowest BCUT2D eigenvalue weighted by atomic mass is 10.2. The summed E-state index contributed by atoms with van der Waals surface area (Å²) in [6.07, 6.45) is -0.837. The van der Waals surface area contributed by atoms with Gasteiger partial charge in [0.25, 0.3) is 0 Å². The van der Waals surface area contributed by atoms with E-state index in [2.05, 4.69) is 4.98 Å². The molecular formula is C13H15N3O4S. The van der Waals surface area contributed by atoms with Gasteiger partial charge in [-0.05, 0) is 18.6 Å². The number of hydrogen-bond acceptors (Lipinski definition) is 5. The van der Waals surface area contributed by atoms with E-state index < -0.39 is 12.1 Å². The third-order valence-corrected chi connectivity index (χ3v) is 3.78. The zero-order valence-corrected chi connectivity index (χ0v) is 12.2. The molecule has 0 aliphatic carbocycles. The van der Waals surface area contributed by atoms with Gasteiger partial charge < -0.3 is 20.1 Å². The highest BCUT2D eigenvalue weighted by Gasteiger charge is 2.14. The summed E-state index contributed by atoms with van der Waals surface area (Å²) in [6.45, 7) is 2.42. The van der Waals surface area contributed by atoms with E-state index in [9.17, 15) is 9.59 Å². The first-order valence-electron chi connectivity index (χ1n) is 6.21. The van der Waals surface area contributed by atoms with Gasteiger partial charge in [-0.3, -0.25) is 4.79 Å². The van der Waals surface area contributed by atoms with Crippen LogP contribution in [-0.2, 0) is 16.1 Å². The van der Waals surface area contributed by atoms with Gasteiger partial charge in [-0.1, -0.05) is 23.9 Å². The normalized spacial score (nSPS) is 10.7. The van der Waals surface area contributed by atoms with Crippen LogP contribution in [0.3, 0.4) is 0 Å². The van der Waals surface area contributed by atoms with E-state index in [0.29, 0.717) is 11.7 Å². The molecule has 0 aliphatic rings. The van der Waals surface area contributed by atoms with Crippen LogP contribution in [0, 0.1) is 6.92 Å². The average Bonchev–Trinajstić information content (AvgIpc) is 2.75. The third kappa shape index (κ3) is 3.66. The number of carbonyl (C=O) groups is 2. The van der Waals surface area contributed by atoms with Gasteiger partial charge in [0.1, 0.15) is 6.61 Å². The Morgan fingerprint density at radius 1 is 1.48 bits per heavy atom. The highest BCUT2D eigenvalue weighted by atomic mass is 32.2. The molecule has 7 nitrogen and oxygen atoms in total. The van der Waals surface area contributed by atoms with Crippen LogP contribution >= 0.6 is 11.8 Å². The van der Waals surface area contributed by atoms with Crippen molar-refractivity contribution in [1.29, 1.82) is 0 Å². The van der Waals surface area contributed by atoms with Crippen LogP contribution in [0.15, 0.2) is 23.4 Å². The Kier molecular flexibility index (Phi) is 4.69. The topological polar surface area (TPSA) is 107 Å². The fourth-order valence-corrected chi connectivity index (χ4v) is 2.78. The van der Waals surface area contributed by atoms with Gasteiger partial charge in [0.05, 0.1) is 23.3 Å². The van der Waals surface area contributed by atoms with E-state index in [1.54, 1.807) is 0 Å². The van der Waals surface area contributed by atoms with Crippen molar-refractivity contribution >= 4 is 34.9 Å². The third-order valence-electron chi connectivity index (χ3n) is 2.82. The van der Waals surface area contributed by atoms with Crippen LogP contribution in [0.5, 0.6) is 0 Å². The number of imidazole rings is 1. The number of thioether (sulfide) groups is 1. The monoisotopic (exact) mass is 309 g/mol. The number of carboxylic acid groups (broad SMARTS) is 1. The molecular weight excluding hydrogens is 294 g/mol. The van der Waals surface area contributed by atoms with Crippen LogP contribution < -0.4 is 5.73 Å². The smallest absolute Gasteiger partial charge is 0.404 e.